The maximum atomic E-state index is 6.72. The van der Waals surface area contributed by atoms with E-state index < -0.39 is 8.32 Å². The van der Waals surface area contributed by atoms with E-state index in [9.17, 15) is 0 Å². The van der Waals surface area contributed by atoms with E-state index in [1.54, 1.807) is 7.11 Å². The highest BCUT2D eigenvalue weighted by Crippen LogP contribution is 2.42. The molecule has 0 aliphatic rings. The van der Waals surface area contributed by atoms with Gasteiger partial charge in [0.2, 0.25) is 14.2 Å². The maximum Gasteiger partial charge on any atom is 0.250 e. The van der Waals surface area contributed by atoms with Gasteiger partial charge in [-0.25, -0.2) is 9.97 Å². The first-order chi connectivity index (χ1) is 14.1. The quantitative estimate of drug-likeness (QED) is 0.435. The average Bonchev–Trinajstić information content (AvgIpc) is 3.12. The Morgan fingerprint density at radius 1 is 1.10 bits per heavy atom. The van der Waals surface area contributed by atoms with Crippen molar-refractivity contribution in [1.29, 1.82) is 0 Å². The van der Waals surface area contributed by atoms with Crippen molar-refractivity contribution in [2.45, 2.75) is 71.1 Å². The van der Waals surface area contributed by atoms with Crippen molar-refractivity contribution >= 4 is 19.5 Å². The highest BCUT2D eigenvalue weighted by atomic mass is 28.4. The minimum absolute atomic E-state index is 0.140. The fourth-order valence-corrected chi connectivity index (χ4v) is 4.64. The average molecular weight is 427 g/mol. The van der Waals surface area contributed by atoms with Gasteiger partial charge in [0.15, 0.2) is 11.2 Å². The number of methoxy groups -OCH3 is 1. The van der Waals surface area contributed by atoms with E-state index in [0.717, 1.165) is 17.8 Å². The molecule has 0 saturated carbocycles. The predicted molar refractivity (Wildman–Crippen MR) is 124 cm³/mol. The van der Waals surface area contributed by atoms with Gasteiger partial charge >= 0.3 is 0 Å². The van der Waals surface area contributed by atoms with Gasteiger partial charge in [0.25, 0.3) is 0 Å². The van der Waals surface area contributed by atoms with E-state index in [0.29, 0.717) is 11.4 Å². The number of nitrogens with zero attached hydrogens (tertiary/aromatic N) is 4. The van der Waals surface area contributed by atoms with Crippen LogP contribution >= 0.6 is 0 Å². The van der Waals surface area contributed by atoms with Crippen molar-refractivity contribution in [1.82, 2.24) is 19.5 Å². The summed E-state index contributed by atoms with van der Waals surface area (Å²) < 4.78 is 14.2. The molecule has 162 valence electrons. The number of imidazole rings is 1. The fraction of sp³-hybridized carbons (Fsp3) is 0.522. The second-order valence-corrected chi connectivity index (χ2v) is 14.1. The first kappa shape index (κ1) is 22.3. The van der Waals surface area contributed by atoms with Gasteiger partial charge in [-0.1, -0.05) is 52.8 Å². The summed E-state index contributed by atoms with van der Waals surface area (Å²) in [6.07, 6.45) is 4.32. The number of ether oxygens (including phenoxy) is 1. The van der Waals surface area contributed by atoms with Gasteiger partial charge in [-0.15, -0.1) is 0 Å². The predicted octanol–water partition coefficient (Wildman–Crippen LogP) is 5.97. The summed E-state index contributed by atoms with van der Waals surface area (Å²) in [7, 11) is -0.340. The SMILES string of the molecule is CC[C@H]([C@@H](C)c1ccccc1O[Si](C)(C)C(C)(C)C)n1cnc2c(OC)ncnc21. The van der Waals surface area contributed by atoms with Crippen LogP contribution in [0.15, 0.2) is 36.9 Å². The van der Waals surface area contributed by atoms with Crippen LogP contribution < -0.4 is 9.16 Å². The zero-order valence-electron chi connectivity index (χ0n) is 19.4. The summed E-state index contributed by atoms with van der Waals surface area (Å²) in [5.74, 6) is 1.71. The van der Waals surface area contributed by atoms with Crippen molar-refractivity contribution in [3.8, 4) is 11.6 Å². The third-order valence-electron chi connectivity index (χ3n) is 6.45. The van der Waals surface area contributed by atoms with Crippen LogP contribution in [0.2, 0.25) is 18.1 Å². The lowest BCUT2D eigenvalue weighted by molar-refractivity contribution is 0.400. The Bertz CT molecular complexity index is 1010. The lowest BCUT2D eigenvalue weighted by Crippen LogP contribution is -2.44. The third kappa shape index (κ3) is 4.08. The number of benzene rings is 1. The van der Waals surface area contributed by atoms with Gasteiger partial charge < -0.3 is 13.7 Å². The van der Waals surface area contributed by atoms with Crippen LogP contribution in [0.1, 0.15) is 58.6 Å². The molecule has 0 aliphatic carbocycles. The van der Waals surface area contributed by atoms with Crippen molar-refractivity contribution in [2.24, 2.45) is 0 Å². The van der Waals surface area contributed by atoms with Crippen molar-refractivity contribution in [3.63, 3.8) is 0 Å². The fourth-order valence-electron chi connectivity index (χ4n) is 3.60. The molecule has 2 atom stereocenters. The smallest absolute Gasteiger partial charge is 0.250 e. The van der Waals surface area contributed by atoms with E-state index in [1.807, 2.05) is 6.33 Å². The Labute approximate surface area is 180 Å². The molecule has 3 rings (SSSR count). The molecule has 0 radical (unpaired) electrons. The highest BCUT2D eigenvalue weighted by Gasteiger charge is 2.39. The number of hydrogen-bond acceptors (Lipinski definition) is 5. The van der Waals surface area contributed by atoms with Gasteiger partial charge in [0.1, 0.15) is 12.1 Å². The molecule has 30 heavy (non-hydrogen) atoms. The Morgan fingerprint density at radius 3 is 2.43 bits per heavy atom. The molecule has 0 unspecified atom stereocenters. The zero-order valence-corrected chi connectivity index (χ0v) is 20.4. The molecule has 0 spiro atoms. The molecule has 3 aromatic rings. The van der Waals surface area contributed by atoms with Gasteiger partial charge in [-0.3, -0.25) is 0 Å². The number of fused-ring (bicyclic) bond motifs is 1. The summed E-state index contributed by atoms with van der Waals surface area (Å²) in [6, 6.07) is 8.62. The molecule has 6 nitrogen and oxygen atoms in total. The zero-order chi connectivity index (χ0) is 22.1. The Hall–Kier alpha value is -2.41. The topological polar surface area (TPSA) is 62.1 Å². The molecule has 2 heterocycles. The second-order valence-electron chi connectivity index (χ2n) is 9.37. The molecule has 1 aromatic carbocycles. The van der Waals surface area contributed by atoms with Crippen LogP contribution in [-0.2, 0) is 0 Å². The van der Waals surface area contributed by atoms with Crippen molar-refractivity contribution in [3.05, 3.63) is 42.5 Å². The van der Waals surface area contributed by atoms with Crippen LogP contribution in [0.25, 0.3) is 11.2 Å². The van der Waals surface area contributed by atoms with Crippen LogP contribution in [0.3, 0.4) is 0 Å². The van der Waals surface area contributed by atoms with E-state index in [-0.39, 0.29) is 17.0 Å². The first-order valence-electron chi connectivity index (χ1n) is 10.6. The normalized spacial score (nSPS) is 14.5. The van der Waals surface area contributed by atoms with Crippen LogP contribution in [0.4, 0.5) is 0 Å². The standard InChI is InChI=1S/C23H34N4O2Si/c1-9-18(27-15-26-20-21(27)24-14-25-22(20)28-6)16(2)17-12-10-11-13-19(17)29-30(7,8)23(3,4)5/h10-16,18H,9H2,1-8H3/t16-,18+/m0/s1. The lowest BCUT2D eigenvalue weighted by Gasteiger charge is -2.38. The minimum atomic E-state index is -1.95. The number of rotatable bonds is 7. The molecule has 2 aromatic heterocycles. The monoisotopic (exact) mass is 426 g/mol. The molecule has 0 aliphatic heterocycles. The van der Waals surface area contributed by atoms with E-state index in [2.05, 4.69) is 91.5 Å². The van der Waals surface area contributed by atoms with E-state index in [4.69, 9.17) is 9.16 Å². The highest BCUT2D eigenvalue weighted by molar-refractivity contribution is 6.74. The first-order valence-corrected chi connectivity index (χ1v) is 13.5. The lowest BCUT2D eigenvalue weighted by atomic mass is 9.91. The second kappa shape index (κ2) is 8.38. The third-order valence-corrected chi connectivity index (χ3v) is 10.8. The Balaban J connectivity index is 2.01. The van der Waals surface area contributed by atoms with Crippen molar-refractivity contribution in [2.75, 3.05) is 7.11 Å². The number of aromatic nitrogens is 4. The van der Waals surface area contributed by atoms with Crippen molar-refractivity contribution < 1.29 is 9.16 Å². The van der Waals surface area contributed by atoms with Gasteiger partial charge in [-0.05, 0) is 36.2 Å². The maximum absolute atomic E-state index is 6.72. The largest absolute Gasteiger partial charge is 0.543 e. The number of hydrogen-bond donors (Lipinski definition) is 0. The van der Waals surface area contributed by atoms with Gasteiger partial charge in [-0.2, -0.15) is 4.98 Å². The molecule has 0 amide bonds. The Morgan fingerprint density at radius 2 is 1.80 bits per heavy atom. The molecular weight excluding hydrogens is 392 g/mol. The van der Waals surface area contributed by atoms with Gasteiger partial charge in [0, 0.05) is 12.0 Å². The van der Waals surface area contributed by atoms with Crippen LogP contribution in [0, 0.1) is 0 Å². The molecule has 0 saturated heterocycles. The van der Waals surface area contributed by atoms with Crippen LogP contribution in [-0.4, -0.2) is 34.9 Å². The minimum Gasteiger partial charge on any atom is -0.543 e. The molecule has 0 fully saturated rings. The molecular formula is C23H34N4O2Si. The molecule has 0 N–H and O–H groups in total. The van der Waals surface area contributed by atoms with E-state index >= 15 is 0 Å². The summed E-state index contributed by atoms with van der Waals surface area (Å²) >= 11 is 0. The summed E-state index contributed by atoms with van der Waals surface area (Å²) in [6.45, 7) is 15.8. The summed E-state index contributed by atoms with van der Waals surface area (Å²) in [4.78, 5) is 13.2. The molecule has 0 bridgehead atoms. The Kier molecular flexibility index (Phi) is 6.22. The van der Waals surface area contributed by atoms with E-state index in [1.165, 1.54) is 11.9 Å². The summed E-state index contributed by atoms with van der Waals surface area (Å²) in [5, 5.41) is 0.140. The summed E-state index contributed by atoms with van der Waals surface area (Å²) in [5.41, 5.74) is 2.71. The molecule has 7 heteroatoms. The number of para-hydroxylation sites is 1. The van der Waals surface area contributed by atoms with Crippen LogP contribution in [0.5, 0.6) is 11.6 Å². The van der Waals surface area contributed by atoms with Gasteiger partial charge in [0.05, 0.1) is 13.4 Å².